The first kappa shape index (κ1) is 22.6. The van der Waals surface area contributed by atoms with Crippen LogP contribution in [0.15, 0.2) is 65.3 Å². The van der Waals surface area contributed by atoms with Gasteiger partial charge in [-0.05, 0) is 81.2 Å². The molecule has 1 saturated heterocycles. The minimum absolute atomic E-state index is 0.285. The van der Waals surface area contributed by atoms with E-state index < -0.39 is 17.7 Å². The van der Waals surface area contributed by atoms with Crippen molar-refractivity contribution >= 4 is 34.7 Å². The minimum atomic E-state index is -0.828. The molecule has 3 rings (SSSR count). The number of carbonyl (C=O) groups is 1. The third-order valence-electron chi connectivity index (χ3n) is 5.08. The van der Waals surface area contributed by atoms with Crippen molar-refractivity contribution in [3.8, 4) is 0 Å². The molecule has 30 heavy (non-hydrogen) atoms. The van der Waals surface area contributed by atoms with Gasteiger partial charge in [-0.25, -0.2) is 4.79 Å². The van der Waals surface area contributed by atoms with E-state index in [1.54, 1.807) is 6.92 Å². The summed E-state index contributed by atoms with van der Waals surface area (Å²) in [4.78, 5) is 12.9. The fourth-order valence-corrected chi connectivity index (χ4v) is 4.34. The van der Waals surface area contributed by atoms with Crippen LogP contribution in [0.3, 0.4) is 0 Å². The second-order valence-corrected chi connectivity index (χ2v) is 8.81. The maximum atomic E-state index is 12.9. The van der Waals surface area contributed by atoms with Gasteiger partial charge in [-0.15, -0.1) is 0 Å². The summed E-state index contributed by atoms with van der Waals surface area (Å²) in [6, 6.07) is 15.2. The Kier molecular flexibility index (Phi) is 6.76. The Bertz CT molecular complexity index is 948. The first-order chi connectivity index (χ1) is 14.2. The first-order valence-corrected chi connectivity index (χ1v) is 10.7. The van der Waals surface area contributed by atoms with Crippen LogP contribution in [0.25, 0.3) is 5.57 Å². The lowest BCUT2D eigenvalue weighted by Gasteiger charge is -2.21. The normalized spacial score (nSPS) is 17.8. The quantitative estimate of drug-likeness (QED) is 0.482. The maximum absolute atomic E-state index is 12.9. The van der Waals surface area contributed by atoms with E-state index in [-0.39, 0.29) is 6.61 Å². The van der Waals surface area contributed by atoms with Crippen molar-refractivity contribution in [2.45, 2.75) is 46.3 Å². The predicted octanol–water partition coefficient (Wildman–Crippen LogP) is 6.87. The van der Waals surface area contributed by atoms with Gasteiger partial charge >= 0.3 is 5.97 Å². The van der Waals surface area contributed by atoms with E-state index in [1.807, 2.05) is 76.2 Å². The smallest absolute Gasteiger partial charge is 0.340 e. The zero-order valence-electron chi connectivity index (χ0n) is 17.9. The molecule has 0 bridgehead atoms. The largest absolute Gasteiger partial charge is 0.464 e. The SMILES string of the molecule is CCOC(=O)C1OC(C)(C)C(=C(C)C)C1=C(c1ccc(Cl)cc1)c1ccc(Cl)cc1. The standard InChI is InChI=1S/C25H26Cl2O3/c1-6-29-24(28)23-21(22(15(2)3)25(4,5)30-23)20(16-7-11-18(26)12-8-16)17-9-13-19(27)14-10-17/h7-14,23H,6H2,1-5H3. The molecule has 0 saturated carbocycles. The summed E-state index contributed by atoms with van der Waals surface area (Å²) >= 11 is 12.3. The fourth-order valence-electron chi connectivity index (χ4n) is 4.09. The van der Waals surface area contributed by atoms with Gasteiger partial charge < -0.3 is 9.47 Å². The van der Waals surface area contributed by atoms with Crippen molar-refractivity contribution in [2.75, 3.05) is 6.61 Å². The van der Waals surface area contributed by atoms with Crippen molar-refractivity contribution < 1.29 is 14.3 Å². The zero-order chi connectivity index (χ0) is 22.1. The van der Waals surface area contributed by atoms with Crippen molar-refractivity contribution in [2.24, 2.45) is 0 Å². The van der Waals surface area contributed by atoms with Gasteiger partial charge in [0, 0.05) is 15.6 Å². The molecule has 0 spiro atoms. The monoisotopic (exact) mass is 444 g/mol. The molecule has 0 N–H and O–H groups in total. The van der Waals surface area contributed by atoms with E-state index in [2.05, 4.69) is 0 Å². The molecule has 1 unspecified atom stereocenters. The molecule has 2 aromatic rings. The molecule has 1 aliphatic rings. The number of esters is 1. The number of ether oxygens (including phenoxy) is 2. The van der Waals surface area contributed by atoms with Crippen LogP contribution in [-0.4, -0.2) is 24.3 Å². The second-order valence-electron chi connectivity index (χ2n) is 7.94. The molecule has 3 nitrogen and oxygen atoms in total. The Morgan fingerprint density at radius 3 is 1.83 bits per heavy atom. The Morgan fingerprint density at radius 2 is 1.43 bits per heavy atom. The summed E-state index contributed by atoms with van der Waals surface area (Å²) in [6.45, 7) is 10.1. The molecule has 2 aromatic carbocycles. The summed E-state index contributed by atoms with van der Waals surface area (Å²) in [5.41, 5.74) is 5.04. The molecule has 5 heteroatoms. The Labute approximate surface area is 188 Å². The van der Waals surface area contributed by atoms with E-state index in [4.69, 9.17) is 32.7 Å². The maximum Gasteiger partial charge on any atom is 0.340 e. The lowest BCUT2D eigenvalue weighted by atomic mass is 9.82. The number of rotatable bonds is 4. The number of allylic oxidation sites excluding steroid dienone is 1. The van der Waals surface area contributed by atoms with Crippen LogP contribution in [0.1, 0.15) is 45.7 Å². The van der Waals surface area contributed by atoms with E-state index in [1.165, 1.54) is 0 Å². The molecule has 0 amide bonds. The van der Waals surface area contributed by atoms with Crippen LogP contribution in [0, 0.1) is 0 Å². The lowest BCUT2D eigenvalue weighted by Crippen LogP contribution is -2.28. The Hall–Kier alpha value is -2.07. The van der Waals surface area contributed by atoms with Crippen LogP contribution in [0.4, 0.5) is 0 Å². The van der Waals surface area contributed by atoms with Crippen molar-refractivity contribution in [1.82, 2.24) is 0 Å². The van der Waals surface area contributed by atoms with Gasteiger partial charge in [0.2, 0.25) is 0 Å². The highest BCUT2D eigenvalue weighted by Gasteiger charge is 2.47. The Balaban J connectivity index is 2.39. The van der Waals surface area contributed by atoms with Gasteiger partial charge in [-0.3, -0.25) is 0 Å². The number of hydrogen-bond donors (Lipinski definition) is 0. The van der Waals surface area contributed by atoms with E-state index in [0.717, 1.165) is 33.4 Å². The zero-order valence-corrected chi connectivity index (χ0v) is 19.4. The van der Waals surface area contributed by atoms with E-state index in [9.17, 15) is 4.79 Å². The van der Waals surface area contributed by atoms with Gasteiger partial charge in [0.15, 0.2) is 6.10 Å². The van der Waals surface area contributed by atoms with Crippen molar-refractivity contribution in [3.63, 3.8) is 0 Å². The summed E-state index contributed by atoms with van der Waals surface area (Å²) in [5.74, 6) is -0.391. The fraction of sp³-hybridized carbons (Fsp3) is 0.320. The van der Waals surface area contributed by atoms with Crippen molar-refractivity contribution in [3.05, 3.63) is 86.4 Å². The van der Waals surface area contributed by atoms with Crippen molar-refractivity contribution in [1.29, 1.82) is 0 Å². The van der Waals surface area contributed by atoms with E-state index >= 15 is 0 Å². The molecule has 1 aliphatic heterocycles. The minimum Gasteiger partial charge on any atom is -0.464 e. The topological polar surface area (TPSA) is 35.5 Å². The van der Waals surface area contributed by atoms with Crippen LogP contribution in [0.5, 0.6) is 0 Å². The number of benzene rings is 2. The highest BCUT2D eigenvalue weighted by Crippen LogP contribution is 2.47. The lowest BCUT2D eigenvalue weighted by molar-refractivity contribution is -0.156. The van der Waals surface area contributed by atoms with Gasteiger partial charge in [0.05, 0.1) is 12.2 Å². The molecule has 1 atom stereocenters. The first-order valence-electron chi connectivity index (χ1n) is 9.94. The second kappa shape index (κ2) is 8.97. The summed E-state index contributed by atoms with van der Waals surface area (Å²) < 4.78 is 11.7. The summed E-state index contributed by atoms with van der Waals surface area (Å²) in [7, 11) is 0. The molecule has 158 valence electrons. The van der Waals surface area contributed by atoms with Crippen LogP contribution in [-0.2, 0) is 14.3 Å². The summed E-state index contributed by atoms with van der Waals surface area (Å²) in [6.07, 6.45) is -0.828. The molecule has 0 aromatic heterocycles. The molecular weight excluding hydrogens is 419 g/mol. The van der Waals surface area contributed by atoms with Crippen LogP contribution < -0.4 is 0 Å². The summed E-state index contributed by atoms with van der Waals surface area (Å²) in [5, 5.41) is 1.29. The molecular formula is C25H26Cl2O3. The van der Waals surface area contributed by atoms with E-state index in [0.29, 0.717) is 10.0 Å². The highest BCUT2D eigenvalue weighted by atomic mass is 35.5. The molecule has 0 aliphatic carbocycles. The third-order valence-corrected chi connectivity index (χ3v) is 5.59. The van der Waals surface area contributed by atoms with Crippen LogP contribution >= 0.6 is 23.2 Å². The van der Waals surface area contributed by atoms with Gasteiger partial charge in [0.25, 0.3) is 0 Å². The van der Waals surface area contributed by atoms with Gasteiger partial charge in [0.1, 0.15) is 0 Å². The molecule has 0 radical (unpaired) electrons. The third kappa shape index (κ3) is 4.49. The van der Waals surface area contributed by atoms with Gasteiger partial charge in [-0.2, -0.15) is 0 Å². The number of hydrogen-bond acceptors (Lipinski definition) is 3. The van der Waals surface area contributed by atoms with Crippen LogP contribution in [0.2, 0.25) is 10.0 Å². The molecule has 1 heterocycles. The number of carbonyl (C=O) groups excluding carboxylic acids is 1. The highest BCUT2D eigenvalue weighted by molar-refractivity contribution is 6.31. The average molecular weight is 445 g/mol. The molecule has 1 fully saturated rings. The van der Waals surface area contributed by atoms with Gasteiger partial charge in [-0.1, -0.05) is 53.0 Å². The average Bonchev–Trinajstić information content (AvgIpc) is 2.96. The predicted molar refractivity (Wildman–Crippen MR) is 123 cm³/mol. The number of halogens is 2. The Morgan fingerprint density at radius 1 is 0.967 bits per heavy atom.